The standard InChI is InChI=1S/C19H20ClN5OS/c1-12-7-9-14(10-8-12)11-22-18(26)13(2)27-19-24-23-17(25(19)21)15-5-3-4-6-16(15)20/h3-10,13H,11,21H2,1-2H3,(H,22,26)/t13-/m1/s1. The van der Waals surface area contributed by atoms with Gasteiger partial charge in [-0.15, -0.1) is 10.2 Å². The maximum absolute atomic E-state index is 12.4. The number of hydrogen-bond donors (Lipinski definition) is 2. The molecule has 6 nitrogen and oxygen atoms in total. The number of benzene rings is 2. The van der Waals surface area contributed by atoms with Gasteiger partial charge in [-0.05, 0) is 31.5 Å². The van der Waals surface area contributed by atoms with Gasteiger partial charge in [0.1, 0.15) is 0 Å². The van der Waals surface area contributed by atoms with E-state index in [4.69, 9.17) is 17.4 Å². The Bertz CT molecular complexity index is 942. The average molecular weight is 402 g/mol. The first-order chi connectivity index (χ1) is 13.0. The van der Waals surface area contributed by atoms with Crippen molar-refractivity contribution >= 4 is 29.3 Å². The van der Waals surface area contributed by atoms with E-state index in [2.05, 4.69) is 15.5 Å². The summed E-state index contributed by atoms with van der Waals surface area (Å²) in [6.45, 7) is 4.31. The molecule has 8 heteroatoms. The average Bonchev–Trinajstić information content (AvgIpc) is 3.01. The predicted octanol–water partition coefficient (Wildman–Crippen LogP) is 3.42. The Morgan fingerprint density at radius 1 is 1.22 bits per heavy atom. The molecule has 3 N–H and O–H groups in total. The van der Waals surface area contributed by atoms with E-state index in [1.165, 1.54) is 22.0 Å². The molecule has 0 spiro atoms. The van der Waals surface area contributed by atoms with Crippen LogP contribution in [0.3, 0.4) is 0 Å². The van der Waals surface area contributed by atoms with Crippen LogP contribution >= 0.6 is 23.4 Å². The summed E-state index contributed by atoms with van der Waals surface area (Å²) in [4.78, 5) is 12.4. The first-order valence-electron chi connectivity index (χ1n) is 8.41. The van der Waals surface area contributed by atoms with Gasteiger partial charge in [0.25, 0.3) is 0 Å². The lowest BCUT2D eigenvalue weighted by atomic mass is 10.1. The van der Waals surface area contributed by atoms with Crippen molar-refractivity contribution in [1.29, 1.82) is 0 Å². The van der Waals surface area contributed by atoms with Gasteiger partial charge in [-0.1, -0.05) is 65.3 Å². The van der Waals surface area contributed by atoms with Crippen molar-refractivity contribution in [2.75, 3.05) is 5.84 Å². The van der Waals surface area contributed by atoms with E-state index >= 15 is 0 Å². The second-order valence-electron chi connectivity index (χ2n) is 6.12. The fourth-order valence-electron chi connectivity index (χ4n) is 2.43. The van der Waals surface area contributed by atoms with E-state index in [1.54, 1.807) is 13.0 Å². The third-order valence-corrected chi connectivity index (χ3v) is 5.40. The maximum atomic E-state index is 12.4. The van der Waals surface area contributed by atoms with Gasteiger partial charge in [0.2, 0.25) is 11.1 Å². The van der Waals surface area contributed by atoms with Crippen LogP contribution < -0.4 is 11.2 Å². The molecule has 3 rings (SSSR count). The SMILES string of the molecule is Cc1ccc(CNC(=O)[C@@H](C)Sc2nnc(-c3ccccc3Cl)n2N)cc1. The van der Waals surface area contributed by atoms with Gasteiger partial charge in [-0.25, -0.2) is 4.68 Å². The minimum atomic E-state index is -0.374. The Kier molecular flexibility index (Phi) is 6.03. The second-order valence-corrected chi connectivity index (χ2v) is 7.83. The van der Waals surface area contributed by atoms with Crippen LogP contribution in [0.1, 0.15) is 18.1 Å². The summed E-state index contributed by atoms with van der Waals surface area (Å²) in [5, 5.41) is 11.7. The first-order valence-corrected chi connectivity index (χ1v) is 9.67. The van der Waals surface area contributed by atoms with Crippen molar-refractivity contribution in [3.05, 3.63) is 64.7 Å². The van der Waals surface area contributed by atoms with E-state index in [1.807, 2.05) is 49.4 Å². The smallest absolute Gasteiger partial charge is 0.233 e. The maximum Gasteiger partial charge on any atom is 0.233 e. The van der Waals surface area contributed by atoms with E-state index in [0.717, 1.165) is 5.56 Å². The Morgan fingerprint density at radius 3 is 2.63 bits per heavy atom. The third-order valence-electron chi connectivity index (χ3n) is 4.02. The molecular weight excluding hydrogens is 382 g/mol. The van der Waals surface area contributed by atoms with Crippen LogP contribution in [0, 0.1) is 6.92 Å². The third kappa shape index (κ3) is 4.61. The number of nitrogens with zero attached hydrogens (tertiary/aromatic N) is 3. The monoisotopic (exact) mass is 401 g/mol. The molecule has 0 fully saturated rings. The number of rotatable bonds is 6. The number of carbonyl (C=O) groups is 1. The molecule has 0 bridgehead atoms. The molecule has 1 aromatic heterocycles. The van der Waals surface area contributed by atoms with Gasteiger partial charge >= 0.3 is 0 Å². The Labute approximate surface area is 167 Å². The molecule has 0 saturated heterocycles. The molecule has 0 aliphatic heterocycles. The zero-order chi connectivity index (χ0) is 19.4. The van der Waals surface area contributed by atoms with Crippen LogP contribution in [0.25, 0.3) is 11.4 Å². The first kappa shape index (κ1) is 19.3. The summed E-state index contributed by atoms with van der Waals surface area (Å²) >= 11 is 7.44. The highest BCUT2D eigenvalue weighted by Gasteiger charge is 2.20. The molecule has 0 aliphatic carbocycles. The van der Waals surface area contributed by atoms with Crippen LogP contribution in [0.5, 0.6) is 0 Å². The van der Waals surface area contributed by atoms with Crippen molar-refractivity contribution < 1.29 is 4.79 Å². The largest absolute Gasteiger partial charge is 0.351 e. The van der Waals surface area contributed by atoms with Crippen LogP contribution in [-0.4, -0.2) is 26.0 Å². The van der Waals surface area contributed by atoms with Crippen molar-refractivity contribution in [1.82, 2.24) is 20.2 Å². The number of hydrogen-bond acceptors (Lipinski definition) is 5. The summed E-state index contributed by atoms with van der Waals surface area (Å²) in [5.41, 5.74) is 2.93. The van der Waals surface area contributed by atoms with Crippen molar-refractivity contribution in [2.24, 2.45) is 0 Å². The summed E-state index contributed by atoms with van der Waals surface area (Å²) in [6, 6.07) is 15.3. The Balaban J connectivity index is 1.64. The number of amides is 1. The fourth-order valence-corrected chi connectivity index (χ4v) is 3.45. The quantitative estimate of drug-likeness (QED) is 0.488. The molecule has 0 aliphatic rings. The lowest BCUT2D eigenvalue weighted by molar-refractivity contribution is -0.120. The molecule has 140 valence electrons. The molecule has 1 amide bonds. The zero-order valence-electron chi connectivity index (χ0n) is 15.0. The van der Waals surface area contributed by atoms with E-state index in [-0.39, 0.29) is 11.2 Å². The van der Waals surface area contributed by atoms with Gasteiger partial charge in [0.15, 0.2) is 5.82 Å². The summed E-state index contributed by atoms with van der Waals surface area (Å²) in [6.07, 6.45) is 0. The lowest BCUT2D eigenvalue weighted by Crippen LogP contribution is -2.30. The molecule has 27 heavy (non-hydrogen) atoms. The molecule has 1 atom stereocenters. The number of carbonyl (C=O) groups excluding carboxylic acids is 1. The molecule has 0 saturated carbocycles. The van der Waals surface area contributed by atoms with Crippen LogP contribution in [0.15, 0.2) is 53.7 Å². The second kappa shape index (κ2) is 8.45. The van der Waals surface area contributed by atoms with Crippen LogP contribution in [-0.2, 0) is 11.3 Å². The van der Waals surface area contributed by atoms with Gasteiger partial charge < -0.3 is 11.2 Å². The number of aromatic nitrogens is 3. The fraction of sp³-hybridized carbons (Fsp3) is 0.211. The molecule has 0 unspecified atom stereocenters. The molecule has 0 radical (unpaired) electrons. The summed E-state index contributed by atoms with van der Waals surface area (Å²) in [5.74, 6) is 6.47. The van der Waals surface area contributed by atoms with E-state index in [0.29, 0.717) is 28.1 Å². The van der Waals surface area contributed by atoms with Gasteiger partial charge in [0, 0.05) is 12.1 Å². The normalized spacial score (nSPS) is 12.0. The Morgan fingerprint density at radius 2 is 1.93 bits per heavy atom. The van der Waals surface area contributed by atoms with Crippen LogP contribution in [0.2, 0.25) is 5.02 Å². The van der Waals surface area contributed by atoms with Crippen molar-refractivity contribution in [3.8, 4) is 11.4 Å². The zero-order valence-corrected chi connectivity index (χ0v) is 16.6. The van der Waals surface area contributed by atoms with E-state index < -0.39 is 0 Å². The van der Waals surface area contributed by atoms with Crippen molar-refractivity contribution in [3.63, 3.8) is 0 Å². The predicted molar refractivity (Wildman–Crippen MR) is 109 cm³/mol. The van der Waals surface area contributed by atoms with E-state index in [9.17, 15) is 4.79 Å². The highest BCUT2D eigenvalue weighted by Crippen LogP contribution is 2.28. The minimum Gasteiger partial charge on any atom is -0.351 e. The van der Waals surface area contributed by atoms with Gasteiger partial charge in [0.05, 0.1) is 10.3 Å². The lowest BCUT2D eigenvalue weighted by Gasteiger charge is -2.12. The number of thioether (sulfide) groups is 1. The summed E-state index contributed by atoms with van der Waals surface area (Å²) < 4.78 is 1.36. The number of nitrogen functional groups attached to an aromatic ring is 1. The highest BCUT2D eigenvalue weighted by atomic mass is 35.5. The van der Waals surface area contributed by atoms with Gasteiger partial charge in [-0.2, -0.15) is 0 Å². The van der Waals surface area contributed by atoms with Crippen molar-refractivity contribution in [2.45, 2.75) is 30.8 Å². The molecule has 2 aromatic carbocycles. The molecule has 1 heterocycles. The molecular formula is C19H20ClN5OS. The molecule has 3 aromatic rings. The topological polar surface area (TPSA) is 85.8 Å². The number of nitrogens with one attached hydrogen (secondary N) is 1. The number of halogens is 1. The minimum absolute atomic E-state index is 0.0946. The van der Waals surface area contributed by atoms with Crippen LogP contribution in [0.4, 0.5) is 0 Å². The number of aryl methyl sites for hydroxylation is 1. The highest BCUT2D eigenvalue weighted by molar-refractivity contribution is 8.00. The summed E-state index contributed by atoms with van der Waals surface area (Å²) in [7, 11) is 0. The Hall–Kier alpha value is -2.51. The number of nitrogens with two attached hydrogens (primary N) is 1. The van der Waals surface area contributed by atoms with Gasteiger partial charge in [-0.3, -0.25) is 4.79 Å².